The summed E-state index contributed by atoms with van der Waals surface area (Å²) in [6.07, 6.45) is 0. The van der Waals surface area contributed by atoms with Crippen LogP contribution in [0, 0.1) is 0 Å². The zero-order chi connectivity index (χ0) is 15.5. The second-order valence-electron chi connectivity index (χ2n) is 5.06. The van der Waals surface area contributed by atoms with Gasteiger partial charge < -0.3 is 9.84 Å². The summed E-state index contributed by atoms with van der Waals surface area (Å²) in [5, 5.41) is 13.5. The third kappa shape index (κ3) is 2.45. The SMILES string of the molecule is CC[n+]1c(NCc2cccc(OC)c2O)[nH]c2ccccc21. The van der Waals surface area contributed by atoms with Crippen LogP contribution in [0.2, 0.25) is 0 Å². The number of hydrogen-bond acceptors (Lipinski definition) is 3. The molecule has 3 rings (SSSR count). The number of aromatic amines is 1. The van der Waals surface area contributed by atoms with Gasteiger partial charge >= 0.3 is 5.95 Å². The maximum absolute atomic E-state index is 10.2. The van der Waals surface area contributed by atoms with Crippen molar-refractivity contribution in [2.24, 2.45) is 0 Å². The normalized spacial score (nSPS) is 10.8. The maximum Gasteiger partial charge on any atom is 0.356 e. The lowest BCUT2D eigenvalue weighted by Gasteiger charge is -2.08. The first kappa shape index (κ1) is 14.3. The van der Waals surface area contributed by atoms with E-state index in [2.05, 4.69) is 33.9 Å². The van der Waals surface area contributed by atoms with E-state index < -0.39 is 0 Å². The highest BCUT2D eigenvalue weighted by Crippen LogP contribution is 2.29. The molecule has 0 atom stereocenters. The molecular formula is C17H20N3O2+. The minimum Gasteiger partial charge on any atom is -0.504 e. The number of hydrogen-bond donors (Lipinski definition) is 3. The van der Waals surface area contributed by atoms with Crippen LogP contribution in [-0.2, 0) is 13.1 Å². The van der Waals surface area contributed by atoms with Crippen LogP contribution >= 0.6 is 0 Å². The lowest BCUT2D eigenvalue weighted by atomic mass is 10.2. The van der Waals surface area contributed by atoms with Crippen LogP contribution in [-0.4, -0.2) is 17.2 Å². The van der Waals surface area contributed by atoms with Gasteiger partial charge in [0.15, 0.2) is 11.5 Å². The second-order valence-corrected chi connectivity index (χ2v) is 5.06. The van der Waals surface area contributed by atoms with Crippen molar-refractivity contribution < 1.29 is 14.4 Å². The fourth-order valence-corrected chi connectivity index (χ4v) is 2.65. The molecular weight excluding hydrogens is 278 g/mol. The van der Waals surface area contributed by atoms with Crippen LogP contribution in [0.5, 0.6) is 11.5 Å². The van der Waals surface area contributed by atoms with Crippen LogP contribution in [0.4, 0.5) is 5.95 Å². The first-order valence-corrected chi connectivity index (χ1v) is 7.34. The van der Waals surface area contributed by atoms with Crippen LogP contribution in [0.1, 0.15) is 12.5 Å². The summed E-state index contributed by atoms with van der Waals surface area (Å²) < 4.78 is 7.31. The zero-order valence-electron chi connectivity index (χ0n) is 12.8. The first-order valence-electron chi connectivity index (χ1n) is 7.34. The number of para-hydroxylation sites is 3. The Labute approximate surface area is 129 Å². The number of ether oxygens (including phenoxy) is 1. The summed E-state index contributed by atoms with van der Waals surface area (Å²) >= 11 is 0. The fourth-order valence-electron chi connectivity index (χ4n) is 2.65. The first-order chi connectivity index (χ1) is 10.7. The predicted octanol–water partition coefficient (Wildman–Crippen LogP) is 2.80. The van der Waals surface area contributed by atoms with E-state index in [0.717, 1.165) is 29.1 Å². The number of fused-ring (bicyclic) bond motifs is 1. The molecule has 1 aromatic heterocycles. The third-order valence-corrected chi connectivity index (χ3v) is 3.78. The van der Waals surface area contributed by atoms with E-state index in [-0.39, 0.29) is 5.75 Å². The van der Waals surface area contributed by atoms with Crippen molar-refractivity contribution in [3.05, 3.63) is 48.0 Å². The minimum absolute atomic E-state index is 0.177. The number of imidazole rings is 1. The summed E-state index contributed by atoms with van der Waals surface area (Å²) in [6, 6.07) is 13.7. The second kappa shape index (κ2) is 5.97. The van der Waals surface area contributed by atoms with Gasteiger partial charge in [0, 0.05) is 5.56 Å². The molecule has 3 N–H and O–H groups in total. The molecule has 1 heterocycles. The number of aromatic nitrogens is 2. The predicted molar refractivity (Wildman–Crippen MR) is 86.2 cm³/mol. The van der Waals surface area contributed by atoms with E-state index in [1.54, 1.807) is 13.2 Å². The molecule has 0 bridgehead atoms. The van der Waals surface area contributed by atoms with Crippen LogP contribution < -0.4 is 14.6 Å². The quantitative estimate of drug-likeness (QED) is 0.635. The van der Waals surface area contributed by atoms with Gasteiger partial charge in [-0.15, -0.1) is 0 Å². The number of methoxy groups -OCH3 is 1. The van der Waals surface area contributed by atoms with Gasteiger partial charge in [-0.05, 0) is 25.1 Å². The molecule has 0 fully saturated rings. The highest BCUT2D eigenvalue weighted by molar-refractivity contribution is 5.72. The molecule has 0 aliphatic carbocycles. The number of nitrogens with one attached hydrogen (secondary N) is 2. The number of anilines is 1. The number of aryl methyl sites for hydroxylation is 1. The molecule has 0 amide bonds. The van der Waals surface area contributed by atoms with E-state index in [1.165, 1.54) is 0 Å². The number of rotatable bonds is 5. The van der Waals surface area contributed by atoms with Gasteiger partial charge in [-0.25, -0.2) is 9.55 Å². The summed E-state index contributed by atoms with van der Waals surface area (Å²) in [7, 11) is 1.55. The van der Waals surface area contributed by atoms with Crippen molar-refractivity contribution in [2.45, 2.75) is 20.0 Å². The zero-order valence-corrected chi connectivity index (χ0v) is 12.8. The molecule has 0 saturated carbocycles. The minimum atomic E-state index is 0.177. The molecule has 2 aromatic carbocycles. The Bertz CT molecular complexity index is 796. The molecule has 114 valence electrons. The molecule has 0 spiro atoms. The molecule has 3 aromatic rings. The maximum atomic E-state index is 10.2. The number of nitrogens with zero attached hydrogens (tertiary/aromatic N) is 1. The van der Waals surface area contributed by atoms with Crippen molar-refractivity contribution in [3.8, 4) is 11.5 Å². The third-order valence-electron chi connectivity index (χ3n) is 3.78. The summed E-state index contributed by atoms with van der Waals surface area (Å²) in [5.41, 5.74) is 3.03. The molecule has 0 radical (unpaired) electrons. The van der Waals surface area contributed by atoms with Gasteiger partial charge in [0.05, 0.1) is 20.2 Å². The van der Waals surface area contributed by atoms with Gasteiger partial charge in [-0.2, -0.15) is 0 Å². The van der Waals surface area contributed by atoms with Gasteiger partial charge in [0.1, 0.15) is 11.0 Å². The average molecular weight is 298 g/mol. The van der Waals surface area contributed by atoms with Crippen molar-refractivity contribution in [3.63, 3.8) is 0 Å². The largest absolute Gasteiger partial charge is 0.504 e. The Morgan fingerprint density at radius 1 is 1.18 bits per heavy atom. The number of phenols is 1. The molecule has 5 heteroatoms. The average Bonchev–Trinajstić information content (AvgIpc) is 2.91. The summed E-state index contributed by atoms with van der Waals surface area (Å²) in [5.74, 6) is 1.59. The van der Waals surface area contributed by atoms with Crippen molar-refractivity contribution in [1.29, 1.82) is 0 Å². The molecule has 0 aliphatic rings. The van der Waals surface area contributed by atoms with E-state index in [0.29, 0.717) is 12.3 Å². The van der Waals surface area contributed by atoms with Gasteiger partial charge in [-0.3, -0.25) is 5.32 Å². The Hall–Kier alpha value is -2.69. The van der Waals surface area contributed by atoms with Crippen LogP contribution in [0.25, 0.3) is 11.0 Å². The van der Waals surface area contributed by atoms with E-state index in [9.17, 15) is 5.11 Å². The molecule has 5 nitrogen and oxygen atoms in total. The number of H-pyrrole nitrogens is 1. The Morgan fingerprint density at radius 3 is 2.77 bits per heavy atom. The van der Waals surface area contributed by atoms with Crippen molar-refractivity contribution in [1.82, 2.24) is 4.98 Å². The Kier molecular flexibility index (Phi) is 3.87. The molecule has 0 aliphatic heterocycles. The summed E-state index contributed by atoms with van der Waals surface area (Å²) in [6.45, 7) is 3.47. The highest BCUT2D eigenvalue weighted by atomic mass is 16.5. The lowest BCUT2D eigenvalue weighted by molar-refractivity contribution is -0.653. The number of benzene rings is 2. The smallest absolute Gasteiger partial charge is 0.356 e. The van der Waals surface area contributed by atoms with Gasteiger partial charge in [0.25, 0.3) is 0 Å². The monoisotopic (exact) mass is 298 g/mol. The van der Waals surface area contributed by atoms with Crippen molar-refractivity contribution >= 4 is 17.0 Å². The highest BCUT2D eigenvalue weighted by Gasteiger charge is 2.16. The number of phenolic OH excluding ortho intramolecular Hbond substituents is 1. The van der Waals surface area contributed by atoms with Gasteiger partial charge in [-0.1, -0.05) is 24.3 Å². The molecule has 0 unspecified atom stereocenters. The standard InChI is InChI=1S/C17H19N3O2/c1-3-20-14-9-5-4-8-13(14)19-17(20)18-11-12-7-6-10-15(22-2)16(12)21/h4-10H,3,11H2,1-2H3,(H2,18,19,21)/p+1. The lowest BCUT2D eigenvalue weighted by Crippen LogP contribution is -2.34. The van der Waals surface area contributed by atoms with E-state index >= 15 is 0 Å². The molecule has 22 heavy (non-hydrogen) atoms. The number of aromatic hydroxyl groups is 1. The van der Waals surface area contributed by atoms with Crippen LogP contribution in [0.3, 0.4) is 0 Å². The molecule has 0 saturated heterocycles. The van der Waals surface area contributed by atoms with Crippen LogP contribution in [0.15, 0.2) is 42.5 Å². The Balaban J connectivity index is 1.88. The summed E-state index contributed by atoms with van der Waals surface area (Å²) in [4.78, 5) is 3.37. The van der Waals surface area contributed by atoms with Crippen molar-refractivity contribution in [2.75, 3.05) is 12.4 Å². The fraction of sp³-hybridized carbons (Fsp3) is 0.235. The van der Waals surface area contributed by atoms with Gasteiger partial charge in [0.2, 0.25) is 0 Å². The Morgan fingerprint density at radius 2 is 2.00 bits per heavy atom. The topological polar surface area (TPSA) is 61.2 Å². The van der Waals surface area contributed by atoms with E-state index in [4.69, 9.17) is 4.74 Å². The van der Waals surface area contributed by atoms with E-state index in [1.807, 2.05) is 24.3 Å².